The number of methoxy groups -OCH3 is 1. The summed E-state index contributed by atoms with van der Waals surface area (Å²) in [6.45, 7) is 4.37. The Morgan fingerprint density at radius 2 is 2.46 bits per heavy atom. The van der Waals surface area contributed by atoms with Crippen molar-refractivity contribution >= 4 is 0 Å². The summed E-state index contributed by atoms with van der Waals surface area (Å²) in [5, 5.41) is 3.22. The number of aryl methyl sites for hydroxylation is 1. The Bertz CT molecular complexity index is 235. The van der Waals surface area contributed by atoms with Gasteiger partial charge in [0.1, 0.15) is 5.76 Å². The van der Waals surface area contributed by atoms with Crippen LogP contribution in [0.5, 0.6) is 0 Å². The molecule has 0 saturated heterocycles. The second kappa shape index (κ2) is 5.72. The van der Waals surface area contributed by atoms with E-state index in [1.165, 1.54) is 6.39 Å². The van der Waals surface area contributed by atoms with Crippen LogP contribution in [-0.2, 0) is 17.7 Å². The molecule has 0 aliphatic carbocycles. The molecule has 0 aliphatic rings. The molecule has 1 aromatic heterocycles. The van der Waals surface area contributed by atoms with Crippen LogP contribution in [0.1, 0.15) is 18.4 Å². The molecule has 0 aliphatic heterocycles. The van der Waals surface area contributed by atoms with E-state index in [1.54, 1.807) is 7.11 Å². The van der Waals surface area contributed by atoms with E-state index < -0.39 is 0 Å². The highest BCUT2D eigenvalue weighted by atomic mass is 16.5. The summed E-state index contributed by atoms with van der Waals surface area (Å²) in [4.78, 5) is 4.11. The van der Waals surface area contributed by atoms with Gasteiger partial charge < -0.3 is 14.5 Å². The summed E-state index contributed by atoms with van der Waals surface area (Å²) in [6.07, 6.45) is 2.38. The van der Waals surface area contributed by atoms with Crippen LogP contribution in [-0.4, -0.2) is 25.2 Å². The van der Waals surface area contributed by atoms with Crippen LogP contribution in [0.25, 0.3) is 0 Å². The minimum atomic E-state index is 0.722. The van der Waals surface area contributed by atoms with Crippen molar-refractivity contribution in [3.63, 3.8) is 0 Å². The highest BCUT2D eigenvalue weighted by Gasteiger charge is 2.04. The second-order valence-electron chi connectivity index (χ2n) is 2.75. The molecule has 0 unspecified atom stereocenters. The number of aromatic nitrogens is 1. The highest BCUT2D eigenvalue weighted by molar-refractivity contribution is 5.06. The predicted molar refractivity (Wildman–Crippen MR) is 49.5 cm³/mol. The number of oxazole rings is 1. The third-order valence-corrected chi connectivity index (χ3v) is 1.82. The molecule has 1 heterocycles. The molecule has 0 saturated carbocycles. The fourth-order valence-corrected chi connectivity index (χ4v) is 1.11. The Kier molecular flexibility index (Phi) is 4.49. The van der Waals surface area contributed by atoms with E-state index in [0.717, 1.165) is 37.6 Å². The molecule has 0 amide bonds. The fraction of sp³-hybridized carbons (Fsp3) is 0.667. The Hall–Kier alpha value is -0.870. The lowest BCUT2D eigenvalue weighted by molar-refractivity contribution is 0.199. The number of rotatable bonds is 6. The van der Waals surface area contributed by atoms with Gasteiger partial charge in [0.2, 0.25) is 0 Å². The predicted octanol–water partition coefficient (Wildman–Crippen LogP) is 0.973. The van der Waals surface area contributed by atoms with Crippen molar-refractivity contribution in [1.82, 2.24) is 10.3 Å². The molecule has 74 valence electrons. The Morgan fingerprint density at radius 3 is 3.15 bits per heavy atom. The molecular weight excluding hydrogens is 168 g/mol. The van der Waals surface area contributed by atoms with Crippen molar-refractivity contribution < 1.29 is 9.15 Å². The van der Waals surface area contributed by atoms with Gasteiger partial charge in [0, 0.05) is 26.6 Å². The first kappa shape index (κ1) is 10.2. The first-order chi connectivity index (χ1) is 6.38. The number of ether oxygens (including phenoxy) is 1. The quantitative estimate of drug-likeness (QED) is 0.669. The van der Waals surface area contributed by atoms with E-state index in [0.29, 0.717) is 0 Å². The molecule has 13 heavy (non-hydrogen) atoms. The number of hydrogen-bond donors (Lipinski definition) is 1. The third-order valence-electron chi connectivity index (χ3n) is 1.82. The van der Waals surface area contributed by atoms with Gasteiger partial charge >= 0.3 is 0 Å². The van der Waals surface area contributed by atoms with E-state index >= 15 is 0 Å². The van der Waals surface area contributed by atoms with Gasteiger partial charge in [-0.2, -0.15) is 0 Å². The van der Waals surface area contributed by atoms with Crippen molar-refractivity contribution in [3.8, 4) is 0 Å². The lowest BCUT2D eigenvalue weighted by Crippen LogP contribution is -2.19. The van der Waals surface area contributed by atoms with E-state index in [1.807, 2.05) is 0 Å². The normalized spacial score (nSPS) is 10.6. The molecule has 1 rings (SSSR count). The average molecular weight is 184 g/mol. The molecule has 0 fully saturated rings. The maximum absolute atomic E-state index is 5.19. The summed E-state index contributed by atoms with van der Waals surface area (Å²) in [7, 11) is 1.69. The van der Waals surface area contributed by atoms with Crippen LogP contribution >= 0.6 is 0 Å². The van der Waals surface area contributed by atoms with E-state index in [2.05, 4.69) is 17.2 Å². The third kappa shape index (κ3) is 3.16. The number of nitrogens with zero attached hydrogens (tertiary/aromatic N) is 1. The molecular formula is C9H16N2O2. The maximum atomic E-state index is 5.19. The molecule has 0 bridgehead atoms. The zero-order chi connectivity index (χ0) is 9.52. The zero-order valence-corrected chi connectivity index (χ0v) is 8.17. The van der Waals surface area contributed by atoms with Crippen molar-refractivity contribution in [1.29, 1.82) is 0 Å². The molecule has 4 nitrogen and oxygen atoms in total. The van der Waals surface area contributed by atoms with Crippen molar-refractivity contribution in [3.05, 3.63) is 17.8 Å². The van der Waals surface area contributed by atoms with E-state index in [4.69, 9.17) is 9.15 Å². The van der Waals surface area contributed by atoms with Gasteiger partial charge in [-0.1, -0.05) is 6.92 Å². The van der Waals surface area contributed by atoms with Crippen LogP contribution in [0.4, 0.5) is 0 Å². The van der Waals surface area contributed by atoms with Gasteiger partial charge in [0.05, 0.1) is 12.3 Å². The fourth-order valence-electron chi connectivity index (χ4n) is 1.11. The molecule has 0 aromatic carbocycles. The summed E-state index contributed by atoms with van der Waals surface area (Å²) >= 11 is 0. The van der Waals surface area contributed by atoms with Crippen LogP contribution in [0.2, 0.25) is 0 Å². The number of nitrogens with one attached hydrogen (secondary N) is 1. The Morgan fingerprint density at radius 1 is 1.62 bits per heavy atom. The van der Waals surface area contributed by atoms with Gasteiger partial charge in [0.25, 0.3) is 0 Å². The van der Waals surface area contributed by atoms with E-state index in [-0.39, 0.29) is 0 Å². The zero-order valence-electron chi connectivity index (χ0n) is 8.17. The molecule has 0 radical (unpaired) electrons. The highest BCUT2D eigenvalue weighted by Crippen LogP contribution is 2.06. The van der Waals surface area contributed by atoms with Crippen LogP contribution < -0.4 is 5.32 Å². The molecule has 0 atom stereocenters. The SMILES string of the molecule is CCc1ocnc1CNCCOC. The molecule has 1 aromatic rings. The first-order valence-corrected chi connectivity index (χ1v) is 4.49. The average Bonchev–Trinajstić information content (AvgIpc) is 2.60. The summed E-state index contributed by atoms with van der Waals surface area (Å²) in [5.41, 5.74) is 0.999. The standard InChI is InChI=1S/C9H16N2O2/c1-3-9-8(11-7-13-9)6-10-4-5-12-2/h7,10H,3-6H2,1-2H3. The van der Waals surface area contributed by atoms with Gasteiger partial charge in [-0.3, -0.25) is 0 Å². The molecule has 1 N–H and O–H groups in total. The summed E-state index contributed by atoms with van der Waals surface area (Å²) in [6, 6.07) is 0. The largest absolute Gasteiger partial charge is 0.448 e. The van der Waals surface area contributed by atoms with Gasteiger partial charge in [0.15, 0.2) is 6.39 Å². The van der Waals surface area contributed by atoms with Crippen molar-refractivity contribution in [2.24, 2.45) is 0 Å². The topological polar surface area (TPSA) is 47.3 Å². The first-order valence-electron chi connectivity index (χ1n) is 4.49. The van der Waals surface area contributed by atoms with Gasteiger partial charge in [-0.25, -0.2) is 4.98 Å². The smallest absolute Gasteiger partial charge is 0.181 e. The van der Waals surface area contributed by atoms with Gasteiger partial charge in [-0.05, 0) is 0 Å². The lowest BCUT2D eigenvalue weighted by atomic mass is 10.3. The molecule has 0 spiro atoms. The Labute approximate surface area is 78.3 Å². The van der Waals surface area contributed by atoms with Crippen molar-refractivity contribution in [2.45, 2.75) is 19.9 Å². The Balaban J connectivity index is 2.27. The lowest BCUT2D eigenvalue weighted by Gasteiger charge is -2.01. The minimum Gasteiger partial charge on any atom is -0.448 e. The van der Waals surface area contributed by atoms with Crippen LogP contribution in [0, 0.1) is 0 Å². The second-order valence-corrected chi connectivity index (χ2v) is 2.75. The number of hydrogen-bond acceptors (Lipinski definition) is 4. The summed E-state index contributed by atoms with van der Waals surface area (Å²) < 4.78 is 10.1. The maximum Gasteiger partial charge on any atom is 0.181 e. The minimum absolute atomic E-state index is 0.722. The molecule has 4 heteroatoms. The van der Waals surface area contributed by atoms with Crippen LogP contribution in [0.15, 0.2) is 10.8 Å². The van der Waals surface area contributed by atoms with E-state index in [9.17, 15) is 0 Å². The summed E-state index contributed by atoms with van der Waals surface area (Å²) in [5.74, 6) is 0.963. The monoisotopic (exact) mass is 184 g/mol. The van der Waals surface area contributed by atoms with Gasteiger partial charge in [-0.15, -0.1) is 0 Å². The van der Waals surface area contributed by atoms with Crippen molar-refractivity contribution in [2.75, 3.05) is 20.3 Å². The van der Waals surface area contributed by atoms with Crippen LogP contribution in [0.3, 0.4) is 0 Å².